The van der Waals surface area contributed by atoms with E-state index in [4.69, 9.17) is 27.7 Å². The van der Waals surface area contributed by atoms with Gasteiger partial charge in [0.15, 0.2) is 6.10 Å². The van der Waals surface area contributed by atoms with Crippen LogP contribution < -0.4 is 5.73 Å². The Morgan fingerprint density at radius 1 is 1.22 bits per heavy atom. The Hall–Kier alpha value is -2.37. The molecule has 120 valence electrons. The lowest BCUT2D eigenvalue weighted by molar-refractivity contribution is -0.137. The summed E-state index contributed by atoms with van der Waals surface area (Å²) in [5.41, 5.74) is 7.62. The molecule has 1 amide bonds. The van der Waals surface area contributed by atoms with Gasteiger partial charge in [-0.3, -0.25) is 10.2 Å². The van der Waals surface area contributed by atoms with Crippen LogP contribution in [0.25, 0.3) is 0 Å². The van der Waals surface area contributed by atoms with Crippen molar-refractivity contribution in [2.45, 2.75) is 12.6 Å². The topological polar surface area (TPSA) is 79.4 Å². The van der Waals surface area contributed by atoms with Crippen molar-refractivity contribution in [2.75, 3.05) is 7.11 Å². The number of carbonyl (C=O) groups excluding carboxylic acids is 1. The van der Waals surface area contributed by atoms with Gasteiger partial charge in [0, 0.05) is 24.4 Å². The van der Waals surface area contributed by atoms with Gasteiger partial charge in [-0.1, -0.05) is 54.6 Å². The number of hydrogen-bond acceptors (Lipinski definition) is 3. The van der Waals surface area contributed by atoms with Crippen LogP contribution in [-0.4, -0.2) is 23.3 Å². The first-order valence-electron chi connectivity index (χ1n) is 7.01. The van der Waals surface area contributed by atoms with Crippen LogP contribution in [0.1, 0.15) is 22.8 Å². The second-order valence-corrected chi connectivity index (χ2v) is 5.40. The van der Waals surface area contributed by atoms with E-state index in [1.165, 1.54) is 7.11 Å². The fourth-order valence-electron chi connectivity index (χ4n) is 2.16. The lowest BCUT2D eigenvalue weighted by Crippen LogP contribution is -2.28. The molecule has 2 aromatic rings. The minimum Gasteiger partial charge on any atom is -0.384 e. The molecular weight excluding hydrogens is 314 g/mol. The zero-order valence-corrected chi connectivity index (χ0v) is 13.5. The van der Waals surface area contributed by atoms with E-state index in [2.05, 4.69) is 0 Å². The van der Waals surface area contributed by atoms with Gasteiger partial charge in [0.05, 0.1) is 6.54 Å². The molecular formula is C17H18ClN3O2. The highest BCUT2D eigenvalue weighted by Gasteiger charge is 2.25. The number of benzene rings is 2. The molecule has 0 saturated heterocycles. The highest BCUT2D eigenvalue weighted by Crippen LogP contribution is 2.21. The Balaban J connectivity index is 2.08. The molecule has 0 saturated carbocycles. The van der Waals surface area contributed by atoms with Crippen LogP contribution in [0.5, 0.6) is 0 Å². The molecule has 1 atom stereocenters. The van der Waals surface area contributed by atoms with Crippen LogP contribution in [0.15, 0.2) is 54.6 Å². The molecule has 2 rings (SSSR count). The second-order valence-electron chi connectivity index (χ2n) is 5.00. The third-order valence-corrected chi connectivity index (χ3v) is 3.67. The lowest BCUT2D eigenvalue weighted by Gasteiger charge is -2.21. The number of rotatable bonds is 6. The number of nitrogen functional groups attached to an aromatic ring is 1. The van der Waals surface area contributed by atoms with E-state index in [0.29, 0.717) is 5.56 Å². The molecule has 6 heteroatoms. The predicted molar refractivity (Wildman–Crippen MR) is 90.1 cm³/mol. The molecule has 2 aromatic carbocycles. The van der Waals surface area contributed by atoms with Gasteiger partial charge in [0.25, 0.3) is 5.91 Å². The number of hydrogen-bond donors (Lipinski definition) is 2. The number of ether oxygens (including phenoxy) is 1. The fourth-order valence-corrected chi connectivity index (χ4v) is 2.39. The number of methoxy groups -OCH3 is 1. The fraction of sp³-hybridized carbons (Fsp3) is 0.176. The summed E-state index contributed by atoms with van der Waals surface area (Å²) >= 11 is 6.13. The summed E-state index contributed by atoms with van der Waals surface area (Å²) in [6.07, 6.45) is -0.745. The van der Waals surface area contributed by atoms with Crippen molar-refractivity contribution in [3.05, 3.63) is 71.3 Å². The molecule has 0 aliphatic carbocycles. The van der Waals surface area contributed by atoms with Crippen molar-refractivity contribution in [3.63, 3.8) is 0 Å². The normalized spacial score (nSPS) is 11.7. The van der Waals surface area contributed by atoms with Crippen LogP contribution in [-0.2, 0) is 16.1 Å². The van der Waals surface area contributed by atoms with Gasteiger partial charge in [-0.05, 0) is 11.1 Å². The van der Waals surface area contributed by atoms with E-state index in [0.717, 1.165) is 15.5 Å². The number of halogens is 1. The zero-order valence-electron chi connectivity index (χ0n) is 12.7. The highest BCUT2D eigenvalue weighted by atomic mass is 35.5. The van der Waals surface area contributed by atoms with Gasteiger partial charge in [0.1, 0.15) is 5.84 Å². The summed E-state index contributed by atoms with van der Waals surface area (Å²) in [4.78, 5) is 12.5. The largest absolute Gasteiger partial charge is 0.384 e. The quantitative estimate of drug-likeness (QED) is 0.485. The number of amides is 1. The van der Waals surface area contributed by atoms with E-state index in [-0.39, 0.29) is 18.3 Å². The van der Waals surface area contributed by atoms with Gasteiger partial charge >= 0.3 is 0 Å². The summed E-state index contributed by atoms with van der Waals surface area (Å²) in [6, 6.07) is 16.2. The molecule has 0 spiro atoms. The lowest BCUT2D eigenvalue weighted by atomic mass is 10.1. The number of amidine groups is 1. The molecule has 3 N–H and O–H groups in total. The standard InChI is InChI=1S/C17H18ClN3O2/c1-23-15(13-5-3-2-4-6-13)17(22)21(18)11-12-7-9-14(10-8-12)16(19)20/h2-10,15H,11H2,1H3,(H3,19,20)/t15-/m1/s1. The first-order chi connectivity index (χ1) is 11.0. The van der Waals surface area contributed by atoms with Crippen LogP contribution in [0.2, 0.25) is 0 Å². The van der Waals surface area contributed by atoms with Gasteiger partial charge in [-0.15, -0.1) is 0 Å². The predicted octanol–water partition coefficient (Wildman–Crippen LogP) is 2.84. The summed E-state index contributed by atoms with van der Waals surface area (Å²) in [5, 5.41) is 7.36. The van der Waals surface area contributed by atoms with Crippen molar-refractivity contribution in [1.82, 2.24) is 4.42 Å². The SMILES string of the molecule is CO[C@@H](C(=O)N(Cl)Cc1ccc(C(=N)N)cc1)c1ccccc1. The number of nitrogens with one attached hydrogen (secondary N) is 1. The summed E-state index contributed by atoms with van der Waals surface area (Å²) in [7, 11) is 1.47. The summed E-state index contributed by atoms with van der Waals surface area (Å²) in [6.45, 7) is 0.227. The average molecular weight is 332 g/mol. The molecule has 0 heterocycles. The minimum atomic E-state index is -0.745. The summed E-state index contributed by atoms with van der Waals surface area (Å²) < 4.78 is 6.39. The average Bonchev–Trinajstić information content (AvgIpc) is 2.57. The van der Waals surface area contributed by atoms with Gasteiger partial charge < -0.3 is 10.5 Å². The number of nitrogens with two attached hydrogens (primary N) is 1. The molecule has 0 aliphatic heterocycles. The molecule has 5 nitrogen and oxygen atoms in total. The van der Waals surface area contributed by atoms with Crippen molar-refractivity contribution in [3.8, 4) is 0 Å². The molecule has 0 aromatic heterocycles. The third kappa shape index (κ3) is 4.31. The van der Waals surface area contributed by atoms with Crippen molar-refractivity contribution in [1.29, 1.82) is 5.41 Å². The smallest absolute Gasteiger partial charge is 0.270 e. The Kier molecular flexibility index (Phi) is 5.73. The zero-order chi connectivity index (χ0) is 16.8. The Labute approximate surface area is 140 Å². The molecule has 0 fully saturated rings. The molecule has 0 aliphatic rings. The molecule has 0 bridgehead atoms. The third-order valence-electron chi connectivity index (χ3n) is 3.39. The molecule has 0 unspecified atom stereocenters. The van der Waals surface area contributed by atoms with E-state index in [9.17, 15) is 4.79 Å². The molecule has 23 heavy (non-hydrogen) atoms. The number of carbonyl (C=O) groups is 1. The van der Waals surface area contributed by atoms with Crippen LogP contribution in [0.3, 0.4) is 0 Å². The van der Waals surface area contributed by atoms with E-state index < -0.39 is 6.10 Å². The monoisotopic (exact) mass is 331 g/mol. The van der Waals surface area contributed by atoms with Crippen LogP contribution >= 0.6 is 11.8 Å². The van der Waals surface area contributed by atoms with E-state index in [1.54, 1.807) is 24.3 Å². The Morgan fingerprint density at radius 3 is 2.35 bits per heavy atom. The minimum absolute atomic E-state index is 0.00104. The van der Waals surface area contributed by atoms with E-state index >= 15 is 0 Å². The highest BCUT2D eigenvalue weighted by molar-refractivity contribution is 6.21. The van der Waals surface area contributed by atoms with Gasteiger partial charge in [-0.25, -0.2) is 4.42 Å². The number of nitrogens with zero attached hydrogens (tertiary/aromatic N) is 1. The van der Waals surface area contributed by atoms with Crippen molar-refractivity contribution >= 4 is 23.5 Å². The first-order valence-corrected chi connectivity index (χ1v) is 7.35. The maximum Gasteiger partial charge on any atom is 0.270 e. The van der Waals surface area contributed by atoms with E-state index in [1.807, 2.05) is 30.3 Å². The first kappa shape index (κ1) is 17.0. The maximum absolute atomic E-state index is 12.5. The van der Waals surface area contributed by atoms with Crippen LogP contribution in [0, 0.1) is 5.41 Å². The second kappa shape index (κ2) is 7.76. The van der Waals surface area contributed by atoms with Crippen molar-refractivity contribution < 1.29 is 9.53 Å². The Bertz CT molecular complexity index is 674. The maximum atomic E-state index is 12.5. The van der Waals surface area contributed by atoms with Crippen LogP contribution in [0.4, 0.5) is 0 Å². The Morgan fingerprint density at radius 2 is 1.83 bits per heavy atom. The van der Waals surface area contributed by atoms with Crippen molar-refractivity contribution in [2.24, 2.45) is 5.73 Å². The van der Waals surface area contributed by atoms with Gasteiger partial charge in [0.2, 0.25) is 0 Å². The van der Waals surface area contributed by atoms with Gasteiger partial charge in [-0.2, -0.15) is 0 Å². The molecule has 0 radical (unpaired) electrons. The summed E-state index contributed by atoms with van der Waals surface area (Å²) in [5.74, 6) is -0.338.